The summed E-state index contributed by atoms with van der Waals surface area (Å²) in [5, 5.41) is 2.36. The Bertz CT molecular complexity index is 1610. The number of amides is 1. The minimum Gasteiger partial charge on any atom is -0.474 e. The average Bonchev–Trinajstić information content (AvgIpc) is 3.28. The first kappa shape index (κ1) is 32.2. The molecule has 0 unspecified atom stereocenters. The second-order valence-electron chi connectivity index (χ2n) is 12.9. The van der Waals surface area contributed by atoms with Crippen LogP contribution in [0.5, 0.6) is 5.88 Å². The van der Waals surface area contributed by atoms with E-state index in [4.69, 9.17) is 28.4 Å². The van der Waals surface area contributed by atoms with Gasteiger partial charge in [-0.3, -0.25) is 4.98 Å². The van der Waals surface area contributed by atoms with E-state index in [2.05, 4.69) is 45.8 Å². The fraction of sp³-hybridized carbons (Fsp3) is 0.514. The molecule has 4 heterocycles. The van der Waals surface area contributed by atoms with Gasteiger partial charge in [-0.05, 0) is 44.5 Å². The number of hydrogen-bond acceptors (Lipinski definition) is 9. The normalized spacial score (nSPS) is 18.5. The van der Waals surface area contributed by atoms with Crippen LogP contribution in [0.3, 0.4) is 0 Å². The van der Waals surface area contributed by atoms with Crippen LogP contribution in [-0.4, -0.2) is 102 Å². The van der Waals surface area contributed by atoms with E-state index in [1.54, 1.807) is 4.90 Å². The van der Waals surface area contributed by atoms with E-state index >= 15 is 0 Å². The van der Waals surface area contributed by atoms with Gasteiger partial charge in [-0.25, -0.2) is 9.78 Å². The molecule has 0 radical (unpaired) electrons. The molecule has 2 aliphatic rings. The Morgan fingerprint density at radius 2 is 1.50 bits per heavy atom. The molecule has 0 atom stereocenters. The summed E-state index contributed by atoms with van der Waals surface area (Å²) < 4.78 is 36.4. The number of pyridine rings is 2. The molecule has 246 valence electrons. The Morgan fingerprint density at radius 1 is 0.804 bits per heavy atom. The summed E-state index contributed by atoms with van der Waals surface area (Å²) in [5.74, 6) is 0.633. The number of carbonyl (C=O) groups is 1. The van der Waals surface area contributed by atoms with Gasteiger partial charge < -0.3 is 37.9 Å². The standard InChI is InChI=1S/C35H44N4O7/c1-35(2,3)46-34(40)39-22-28(23-39)44-16-14-42-12-11-41-13-15-43-26-18-27(19-26)45-33-8-6-25(20-37-33)24-5-7-29-30-21-36-10-9-31(30)38(4)32(29)17-24/h5-10,17,20-21,26-28H,11-16,18-19,22-23H2,1-4H3. The number of nitrogens with zero attached hydrogens (tertiary/aromatic N) is 4. The van der Waals surface area contributed by atoms with Crippen LogP contribution in [0.4, 0.5) is 4.79 Å². The van der Waals surface area contributed by atoms with Crippen LogP contribution in [0.25, 0.3) is 32.9 Å². The molecule has 6 rings (SSSR count). The van der Waals surface area contributed by atoms with Crippen LogP contribution >= 0.6 is 0 Å². The van der Waals surface area contributed by atoms with Gasteiger partial charge in [-0.15, -0.1) is 0 Å². The average molecular weight is 633 g/mol. The van der Waals surface area contributed by atoms with Crippen molar-refractivity contribution in [1.82, 2.24) is 19.4 Å². The number of aryl methyl sites for hydroxylation is 1. The van der Waals surface area contributed by atoms with Crippen molar-refractivity contribution in [2.24, 2.45) is 7.05 Å². The molecule has 3 aromatic heterocycles. The van der Waals surface area contributed by atoms with Gasteiger partial charge in [-0.2, -0.15) is 0 Å². The van der Waals surface area contributed by atoms with Crippen LogP contribution < -0.4 is 4.74 Å². The third kappa shape index (κ3) is 7.95. The van der Waals surface area contributed by atoms with Crippen LogP contribution in [0.2, 0.25) is 0 Å². The van der Waals surface area contributed by atoms with E-state index in [1.807, 2.05) is 51.5 Å². The van der Waals surface area contributed by atoms with Crippen molar-refractivity contribution in [3.05, 3.63) is 55.0 Å². The van der Waals surface area contributed by atoms with E-state index in [0.29, 0.717) is 58.6 Å². The number of benzene rings is 1. The molecule has 1 aliphatic carbocycles. The fourth-order valence-corrected chi connectivity index (χ4v) is 5.66. The van der Waals surface area contributed by atoms with Crippen molar-refractivity contribution < 1.29 is 33.2 Å². The van der Waals surface area contributed by atoms with Crippen LogP contribution in [0.15, 0.2) is 55.0 Å². The van der Waals surface area contributed by atoms with Crippen molar-refractivity contribution in [3.63, 3.8) is 0 Å². The Kier molecular flexibility index (Phi) is 10.0. The van der Waals surface area contributed by atoms with Gasteiger partial charge in [0.2, 0.25) is 5.88 Å². The highest BCUT2D eigenvalue weighted by Gasteiger charge is 2.34. The zero-order valence-electron chi connectivity index (χ0n) is 27.1. The molecule has 2 fully saturated rings. The molecule has 0 spiro atoms. The molecule has 0 bridgehead atoms. The lowest BCUT2D eigenvalue weighted by atomic mass is 9.92. The first-order chi connectivity index (χ1) is 22.2. The number of rotatable bonds is 14. The van der Waals surface area contributed by atoms with Crippen LogP contribution in [-0.2, 0) is 30.7 Å². The molecular formula is C35H44N4O7. The summed E-state index contributed by atoms with van der Waals surface area (Å²) in [6.07, 6.45) is 7.35. The molecule has 1 saturated heterocycles. The Morgan fingerprint density at radius 3 is 2.20 bits per heavy atom. The Hall–Kier alpha value is -3.77. The molecule has 1 amide bonds. The molecule has 11 heteroatoms. The number of ether oxygens (including phenoxy) is 6. The van der Waals surface area contributed by atoms with E-state index in [1.165, 1.54) is 16.4 Å². The van der Waals surface area contributed by atoms with Crippen LogP contribution in [0.1, 0.15) is 33.6 Å². The lowest BCUT2D eigenvalue weighted by Gasteiger charge is -2.39. The monoisotopic (exact) mass is 632 g/mol. The van der Waals surface area contributed by atoms with Gasteiger partial charge in [-0.1, -0.05) is 12.1 Å². The first-order valence-electron chi connectivity index (χ1n) is 16.1. The Labute approximate surface area is 269 Å². The minimum absolute atomic E-state index is 0.0407. The molecule has 4 aromatic rings. The van der Waals surface area contributed by atoms with Gasteiger partial charge >= 0.3 is 6.09 Å². The highest BCUT2D eigenvalue weighted by atomic mass is 16.6. The number of aromatic nitrogens is 3. The second-order valence-corrected chi connectivity index (χ2v) is 12.9. The lowest BCUT2D eigenvalue weighted by Crippen LogP contribution is -2.56. The van der Waals surface area contributed by atoms with E-state index in [-0.39, 0.29) is 24.4 Å². The first-order valence-corrected chi connectivity index (χ1v) is 16.1. The molecule has 1 aromatic carbocycles. The maximum absolute atomic E-state index is 11.9. The number of fused-ring (bicyclic) bond motifs is 3. The summed E-state index contributed by atoms with van der Waals surface area (Å²) in [7, 11) is 2.09. The number of likely N-dealkylation sites (tertiary alicyclic amines) is 1. The van der Waals surface area contributed by atoms with Crippen molar-refractivity contribution >= 4 is 27.9 Å². The summed E-state index contributed by atoms with van der Waals surface area (Å²) in [6.45, 7) is 9.73. The molecule has 11 nitrogen and oxygen atoms in total. The van der Waals surface area contributed by atoms with Gasteiger partial charge in [0.05, 0.1) is 70.5 Å². The summed E-state index contributed by atoms with van der Waals surface area (Å²) in [5.41, 5.74) is 4.02. The predicted molar refractivity (Wildman–Crippen MR) is 174 cm³/mol. The maximum Gasteiger partial charge on any atom is 0.410 e. The lowest BCUT2D eigenvalue weighted by molar-refractivity contribution is -0.0853. The van der Waals surface area contributed by atoms with Gasteiger partial charge in [0.25, 0.3) is 0 Å². The van der Waals surface area contributed by atoms with Crippen molar-refractivity contribution in [3.8, 4) is 17.0 Å². The predicted octanol–water partition coefficient (Wildman–Crippen LogP) is 5.38. The topological polar surface area (TPSA) is 106 Å². The molecule has 1 saturated carbocycles. The quantitative estimate of drug-likeness (QED) is 0.169. The van der Waals surface area contributed by atoms with Crippen molar-refractivity contribution in [2.75, 3.05) is 52.7 Å². The van der Waals surface area contributed by atoms with Crippen molar-refractivity contribution in [2.45, 2.75) is 57.5 Å². The third-order valence-electron chi connectivity index (χ3n) is 8.25. The van der Waals surface area contributed by atoms with Crippen molar-refractivity contribution in [1.29, 1.82) is 0 Å². The fourth-order valence-electron chi connectivity index (χ4n) is 5.66. The SMILES string of the molecule is Cn1c2ccncc2c2ccc(-c3ccc(OC4CC(OCCOCCOCCOC5CN(C(=O)OC(C)(C)C)C5)C4)nc3)cc21. The summed E-state index contributed by atoms with van der Waals surface area (Å²) in [6, 6.07) is 12.5. The summed E-state index contributed by atoms with van der Waals surface area (Å²) in [4.78, 5) is 22.4. The number of hydrogen-bond donors (Lipinski definition) is 0. The smallest absolute Gasteiger partial charge is 0.410 e. The van der Waals surface area contributed by atoms with Gasteiger partial charge in [0.1, 0.15) is 11.7 Å². The van der Waals surface area contributed by atoms with E-state index < -0.39 is 5.60 Å². The minimum atomic E-state index is -0.483. The van der Waals surface area contributed by atoms with E-state index in [0.717, 1.165) is 29.4 Å². The Balaban J connectivity index is 0.792. The van der Waals surface area contributed by atoms with E-state index in [9.17, 15) is 4.79 Å². The molecule has 0 N–H and O–H groups in total. The molecular weight excluding hydrogens is 588 g/mol. The number of carbonyl (C=O) groups excluding carboxylic acids is 1. The maximum atomic E-state index is 11.9. The highest BCUT2D eigenvalue weighted by Crippen LogP contribution is 2.32. The zero-order chi connectivity index (χ0) is 32.1. The summed E-state index contributed by atoms with van der Waals surface area (Å²) >= 11 is 0. The van der Waals surface area contributed by atoms with Gasteiger partial charge in [0, 0.05) is 66.4 Å². The largest absolute Gasteiger partial charge is 0.474 e. The van der Waals surface area contributed by atoms with Crippen LogP contribution in [0, 0.1) is 0 Å². The highest BCUT2D eigenvalue weighted by molar-refractivity contribution is 6.08. The van der Waals surface area contributed by atoms with Gasteiger partial charge in [0.15, 0.2) is 0 Å². The molecule has 1 aliphatic heterocycles. The molecule has 46 heavy (non-hydrogen) atoms. The zero-order valence-corrected chi connectivity index (χ0v) is 27.1. The second kappa shape index (κ2) is 14.3. The third-order valence-corrected chi connectivity index (χ3v) is 8.25.